The summed E-state index contributed by atoms with van der Waals surface area (Å²) in [6.07, 6.45) is 19.3. The first-order chi connectivity index (χ1) is 13.6. The SMILES string of the molecule is CCCCCCCCCCc1ncc[nH]1.CCCCOP(=O)(O)OCCCC. The van der Waals surface area contributed by atoms with Gasteiger partial charge in [-0.3, -0.25) is 9.05 Å². The van der Waals surface area contributed by atoms with Crippen molar-refractivity contribution >= 4 is 7.82 Å². The van der Waals surface area contributed by atoms with Gasteiger partial charge in [0.2, 0.25) is 0 Å². The predicted molar refractivity (Wildman–Crippen MR) is 116 cm³/mol. The molecular weight excluding hydrogens is 375 g/mol. The van der Waals surface area contributed by atoms with Gasteiger partial charge in [-0.2, -0.15) is 0 Å². The molecule has 0 aliphatic heterocycles. The summed E-state index contributed by atoms with van der Waals surface area (Å²) in [6, 6.07) is 0. The molecule has 0 spiro atoms. The normalized spacial score (nSPS) is 11.3. The minimum atomic E-state index is -3.75. The summed E-state index contributed by atoms with van der Waals surface area (Å²) in [7, 11) is -3.75. The number of aryl methyl sites for hydroxylation is 1. The summed E-state index contributed by atoms with van der Waals surface area (Å²) in [5, 5.41) is 0. The smallest absolute Gasteiger partial charge is 0.349 e. The standard InChI is InChI=1S/C13H24N2.C8H19O4P/c1-2-3-4-5-6-7-8-9-10-13-14-11-12-15-13;1-3-5-7-11-13(9,10)12-8-6-4-2/h11-12H,2-10H2,1H3,(H,14,15);3-8H2,1-2H3,(H,9,10). The van der Waals surface area contributed by atoms with Crippen LogP contribution in [0, 0.1) is 0 Å². The Morgan fingerprint density at radius 2 is 1.36 bits per heavy atom. The predicted octanol–water partition coefficient (Wildman–Crippen LogP) is 6.81. The lowest BCUT2D eigenvalue weighted by molar-refractivity contribution is 0.146. The van der Waals surface area contributed by atoms with Gasteiger partial charge in [0.05, 0.1) is 13.2 Å². The number of unbranched alkanes of at least 4 members (excludes halogenated alkanes) is 9. The Morgan fingerprint density at radius 3 is 1.82 bits per heavy atom. The Morgan fingerprint density at radius 1 is 0.857 bits per heavy atom. The topological polar surface area (TPSA) is 84.4 Å². The number of hydrogen-bond donors (Lipinski definition) is 2. The van der Waals surface area contributed by atoms with Crippen LogP contribution in [0.25, 0.3) is 0 Å². The Labute approximate surface area is 172 Å². The maximum absolute atomic E-state index is 11.1. The van der Waals surface area contributed by atoms with Crippen molar-refractivity contribution < 1.29 is 18.5 Å². The highest BCUT2D eigenvalue weighted by atomic mass is 31.2. The van der Waals surface area contributed by atoms with E-state index in [0.717, 1.165) is 37.9 Å². The molecule has 1 heterocycles. The van der Waals surface area contributed by atoms with Crippen molar-refractivity contribution in [1.29, 1.82) is 0 Å². The molecule has 0 bridgehead atoms. The first-order valence-electron chi connectivity index (χ1n) is 11.2. The number of phosphoric acid groups is 1. The van der Waals surface area contributed by atoms with E-state index in [0.29, 0.717) is 0 Å². The van der Waals surface area contributed by atoms with E-state index in [1.54, 1.807) is 0 Å². The molecule has 7 heteroatoms. The third kappa shape index (κ3) is 18.7. The van der Waals surface area contributed by atoms with Gasteiger partial charge in [-0.05, 0) is 19.3 Å². The van der Waals surface area contributed by atoms with Crippen LogP contribution in [0.4, 0.5) is 0 Å². The lowest BCUT2D eigenvalue weighted by Gasteiger charge is -2.10. The van der Waals surface area contributed by atoms with Crippen LogP contribution >= 0.6 is 7.82 Å². The van der Waals surface area contributed by atoms with Gasteiger partial charge in [0.15, 0.2) is 0 Å². The molecule has 0 aliphatic rings. The molecule has 6 nitrogen and oxygen atoms in total. The molecule has 0 fully saturated rings. The number of imidazole rings is 1. The second-order valence-electron chi connectivity index (χ2n) is 7.10. The van der Waals surface area contributed by atoms with Gasteiger partial charge in [-0.15, -0.1) is 0 Å². The van der Waals surface area contributed by atoms with E-state index < -0.39 is 7.82 Å². The zero-order valence-electron chi connectivity index (χ0n) is 18.3. The van der Waals surface area contributed by atoms with Crippen molar-refractivity contribution in [2.24, 2.45) is 0 Å². The van der Waals surface area contributed by atoms with Gasteiger partial charge in [0, 0.05) is 18.8 Å². The molecule has 0 saturated heterocycles. The van der Waals surface area contributed by atoms with Crippen molar-refractivity contribution in [3.8, 4) is 0 Å². The summed E-state index contributed by atoms with van der Waals surface area (Å²) in [4.78, 5) is 16.4. The van der Waals surface area contributed by atoms with Gasteiger partial charge < -0.3 is 9.88 Å². The number of aromatic nitrogens is 2. The maximum Gasteiger partial charge on any atom is 0.472 e. The molecule has 1 rings (SSSR count). The third-order valence-electron chi connectivity index (χ3n) is 4.33. The average Bonchev–Trinajstić information content (AvgIpc) is 3.18. The van der Waals surface area contributed by atoms with Crippen LogP contribution in [-0.2, 0) is 20.0 Å². The van der Waals surface area contributed by atoms with Crippen LogP contribution in [0.1, 0.15) is 104 Å². The second kappa shape index (κ2) is 19.6. The second-order valence-corrected chi connectivity index (χ2v) is 8.56. The van der Waals surface area contributed by atoms with Gasteiger partial charge in [0.1, 0.15) is 5.82 Å². The number of nitrogens with one attached hydrogen (secondary N) is 1. The number of aromatic amines is 1. The van der Waals surface area contributed by atoms with Crippen molar-refractivity contribution in [2.45, 2.75) is 104 Å². The Bertz CT molecular complexity index is 455. The van der Waals surface area contributed by atoms with Crippen LogP contribution in [0.3, 0.4) is 0 Å². The summed E-state index contributed by atoms with van der Waals surface area (Å²) < 4.78 is 20.5. The highest BCUT2D eigenvalue weighted by Gasteiger charge is 2.19. The van der Waals surface area contributed by atoms with Crippen molar-refractivity contribution in [3.05, 3.63) is 18.2 Å². The Kier molecular flexibility index (Phi) is 19.2. The molecule has 28 heavy (non-hydrogen) atoms. The van der Waals surface area contributed by atoms with E-state index in [1.165, 1.54) is 51.4 Å². The van der Waals surface area contributed by atoms with Crippen LogP contribution in [-0.4, -0.2) is 28.1 Å². The monoisotopic (exact) mass is 418 g/mol. The molecule has 1 aromatic rings. The minimum absolute atomic E-state index is 0.288. The number of H-pyrrole nitrogens is 1. The lowest BCUT2D eigenvalue weighted by Crippen LogP contribution is -1.98. The number of phosphoric ester groups is 1. The average molecular weight is 419 g/mol. The minimum Gasteiger partial charge on any atom is -0.349 e. The summed E-state index contributed by atoms with van der Waals surface area (Å²) >= 11 is 0. The largest absolute Gasteiger partial charge is 0.472 e. The molecule has 2 N–H and O–H groups in total. The number of nitrogens with zero attached hydrogens (tertiary/aromatic N) is 1. The van der Waals surface area contributed by atoms with E-state index in [9.17, 15) is 4.57 Å². The fourth-order valence-corrected chi connectivity index (χ4v) is 3.34. The van der Waals surface area contributed by atoms with Crippen LogP contribution in [0.15, 0.2) is 12.4 Å². The molecular formula is C21H43N2O4P. The summed E-state index contributed by atoms with van der Waals surface area (Å²) in [5.41, 5.74) is 0. The maximum atomic E-state index is 11.1. The molecule has 166 valence electrons. The van der Waals surface area contributed by atoms with E-state index >= 15 is 0 Å². The molecule has 0 unspecified atom stereocenters. The molecule has 0 atom stereocenters. The Hall–Kier alpha value is -0.680. The fourth-order valence-electron chi connectivity index (χ4n) is 2.55. The van der Waals surface area contributed by atoms with Gasteiger partial charge >= 0.3 is 7.82 Å². The molecule has 0 aromatic carbocycles. The quantitative estimate of drug-likeness (QED) is 0.214. The van der Waals surface area contributed by atoms with Crippen molar-refractivity contribution in [3.63, 3.8) is 0 Å². The molecule has 0 amide bonds. The van der Waals surface area contributed by atoms with E-state index in [2.05, 4.69) is 16.9 Å². The third-order valence-corrected chi connectivity index (χ3v) is 5.34. The van der Waals surface area contributed by atoms with E-state index in [-0.39, 0.29) is 13.2 Å². The van der Waals surface area contributed by atoms with Gasteiger partial charge in [-0.1, -0.05) is 78.6 Å². The fraction of sp³-hybridized carbons (Fsp3) is 0.857. The first kappa shape index (κ1) is 27.3. The first-order valence-corrected chi connectivity index (χ1v) is 12.6. The highest BCUT2D eigenvalue weighted by Crippen LogP contribution is 2.43. The summed E-state index contributed by atoms with van der Waals surface area (Å²) in [5.74, 6) is 1.14. The zero-order valence-corrected chi connectivity index (χ0v) is 19.2. The molecule has 0 saturated carbocycles. The highest BCUT2D eigenvalue weighted by molar-refractivity contribution is 7.47. The van der Waals surface area contributed by atoms with Crippen molar-refractivity contribution in [1.82, 2.24) is 9.97 Å². The molecule has 0 aliphatic carbocycles. The molecule has 1 aromatic heterocycles. The zero-order chi connectivity index (χ0) is 20.9. The summed E-state index contributed by atoms with van der Waals surface area (Å²) in [6.45, 7) is 6.82. The van der Waals surface area contributed by atoms with E-state index in [1.807, 2.05) is 26.2 Å². The van der Waals surface area contributed by atoms with Crippen LogP contribution in [0.2, 0.25) is 0 Å². The van der Waals surface area contributed by atoms with E-state index in [4.69, 9.17) is 13.9 Å². The lowest BCUT2D eigenvalue weighted by atomic mass is 10.1. The van der Waals surface area contributed by atoms with Gasteiger partial charge in [-0.25, -0.2) is 9.55 Å². The van der Waals surface area contributed by atoms with Gasteiger partial charge in [0.25, 0.3) is 0 Å². The number of hydrogen-bond acceptors (Lipinski definition) is 4. The molecule has 0 radical (unpaired) electrons. The van der Waals surface area contributed by atoms with Crippen LogP contribution < -0.4 is 0 Å². The number of rotatable bonds is 17. The Balaban J connectivity index is 0.000000528. The van der Waals surface area contributed by atoms with Crippen LogP contribution in [0.5, 0.6) is 0 Å². The van der Waals surface area contributed by atoms with Crippen molar-refractivity contribution in [2.75, 3.05) is 13.2 Å².